The van der Waals surface area contributed by atoms with E-state index in [9.17, 15) is 9.90 Å². The lowest BCUT2D eigenvalue weighted by Crippen LogP contribution is -2.45. The number of nitrogens with zero attached hydrogens (tertiary/aromatic N) is 1. The number of carbonyl (C=O) groups is 1. The first kappa shape index (κ1) is 17.9. The second-order valence-electron chi connectivity index (χ2n) is 5.12. The summed E-state index contributed by atoms with van der Waals surface area (Å²) in [7, 11) is 0. The van der Waals surface area contributed by atoms with E-state index in [1.165, 1.54) is 12.5 Å². The van der Waals surface area contributed by atoms with E-state index in [1.807, 2.05) is 24.3 Å². The van der Waals surface area contributed by atoms with Gasteiger partial charge in [0.1, 0.15) is 0 Å². The Balaban J connectivity index is 0.00000220. The zero-order valence-electron chi connectivity index (χ0n) is 12.3. The zero-order chi connectivity index (χ0) is 14.4. The number of piperazine rings is 1. The van der Waals surface area contributed by atoms with Crippen LogP contribution in [0.15, 0.2) is 24.3 Å². The molecular formula is C15H24ClN3O2. The van der Waals surface area contributed by atoms with Crippen LogP contribution in [0.2, 0.25) is 0 Å². The number of aliphatic hydroxyl groups is 1. The Labute approximate surface area is 132 Å². The fourth-order valence-electron chi connectivity index (χ4n) is 2.67. The first-order chi connectivity index (χ1) is 9.70. The van der Waals surface area contributed by atoms with Crippen LogP contribution in [-0.2, 0) is 4.79 Å². The molecule has 1 aliphatic heterocycles. The number of anilines is 1. The van der Waals surface area contributed by atoms with Gasteiger partial charge in [-0.2, -0.15) is 0 Å². The van der Waals surface area contributed by atoms with Crippen molar-refractivity contribution in [2.45, 2.75) is 19.4 Å². The molecule has 1 aliphatic rings. The van der Waals surface area contributed by atoms with Crippen molar-refractivity contribution in [2.75, 3.05) is 38.1 Å². The lowest BCUT2D eigenvalue weighted by molar-refractivity contribution is -0.114. The van der Waals surface area contributed by atoms with Crippen LogP contribution >= 0.6 is 12.4 Å². The van der Waals surface area contributed by atoms with E-state index in [-0.39, 0.29) is 31.0 Å². The lowest BCUT2D eigenvalue weighted by Gasteiger charge is -2.35. The molecule has 0 aromatic heterocycles. The molecule has 0 radical (unpaired) electrons. The van der Waals surface area contributed by atoms with E-state index >= 15 is 0 Å². The molecule has 1 amide bonds. The summed E-state index contributed by atoms with van der Waals surface area (Å²) in [6, 6.07) is 8.15. The average Bonchev–Trinajstić information content (AvgIpc) is 2.46. The van der Waals surface area contributed by atoms with Crippen molar-refractivity contribution in [3.63, 3.8) is 0 Å². The molecule has 5 nitrogen and oxygen atoms in total. The largest absolute Gasteiger partial charge is 0.396 e. The molecule has 0 saturated carbocycles. The minimum absolute atomic E-state index is 0. The summed E-state index contributed by atoms with van der Waals surface area (Å²) in [4.78, 5) is 13.4. The van der Waals surface area contributed by atoms with Gasteiger partial charge in [0.2, 0.25) is 5.91 Å². The number of hydrogen-bond donors (Lipinski definition) is 3. The molecule has 1 fully saturated rings. The van der Waals surface area contributed by atoms with Gasteiger partial charge in [0, 0.05) is 51.4 Å². The van der Waals surface area contributed by atoms with Crippen molar-refractivity contribution in [3.8, 4) is 0 Å². The van der Waals surface area contributed by atoms with Gasteiger partial charge in [-0.05, 0) is 24.1 Å². The van der Waals surface area contributed by atoms with Crippen LogP contribution in [0.3, 0.4) is 0 Å². The third kappa shape index (κ3) is 5.28. The summed E-state index contributed by atoms with van der Waals surface area (Å²) in [6.07, 6.45) is 0.736. The van der Waals surface area contributed by atoms with E-state index in [2.05, 4.69) is 15.5 Å². The Morgan fingerprint density at radius 3 is 2.48 bits per heavy atom. The molecule has 0 bridgehead atoms. The quantitative estimate of drug-likeness (QED) is 0.769. The Bertz CT molecular complexity index is 433. The van der Waals surface area contributed by atoms with E-state index in [4.69, 9.17) is 0 Å². The fourth-order valence-corrected chi connectivity index (χ4v) is 2.67. The van der Waals surface area contributed by atoms with Crippen LogP contribution in [0.1, 0.15) is 24.9 Å². The third-order valence-corrected chi connectivity index (χ3v) is 3.61. The molecule has 1 aromatic carbocycles. The molecule has 3 N–H and O–H groups in total. The smallest absolute Gasteiger partial charge is 0.221 e. The van der Waals surface area contributed by atoms with Gasteiger partial charge in [-0.3, -0.25) is 9.69 Å². The molecule has 1 aromatic rings. The summed E-state index contributed by atoms with van der Waals surface area (Å²) in [6.45, 7) is 5.67. The maximum absolute atomic E-state index is 11.0. The number of halogens is 1. The zero-order valence-corrected chi connectivity index (χ0v) is 13.2. The highest BCUT2D eigenvalue weighted by atomic mass is 35.5. The van der Waals surface area contributed by atoms with Crippen LogP contribution in [0.5, 0.6) is 0 Å². The van der Waals surface area contributed by atoms with Crippen molar-refractivity contribution in [2.24, 2.45) is 0 Å². The molecule has 1 saturated heterocycles. The number of carbonyl (C=O) groups excluding carboxylic acids is 1. The first-order valence-electron chi connectivity index (χ1n) is 7.14. The Morgan fingerprint density at radius 1 is 1.33 bits per heavy atom. The number of rotatable bonds is 5. The maximum atomic E-state index is 11.0. The second-order valence-corrected chi connectivity index (χ2v) is 5.12. The number of amides is 1. The third-order valence-electron chi connectivity index (χ3n) is 3.61. The van der Waals surface area contributed by atoms with Crippen molar-refractivity contribution in [1.82, 2.24) is 10.2 Å². The summed E-state index contributed by atoms with van der Waals surface area (Å²) < 4.78 is 0. The second kappa shape index (κ2) is 9.00. The van der Waals surface area contributed by atoms with Gasteiger partial charge in [0.15, 0.2) is 0 Å². The molecule has 0 aliphatic carbocycles. The van der Waals surface area contributed by atoms with E-state index in [1.54, 1.807) is 0 Å². The van der Waals surface area contributed by atoms with E-state index in [0.717, 1.165) is 38.3 Å². The first-order valence-corrected chi connectivity index (χ1v) is 7.14. The molecule has 1 atom stereocenters. The number of aliphatic hydroxyl groups excluding tert-OH is 1. The summed E-state index contributed by atoms with van der Waals surface area (Å²) >= 11 is 0. The molecule has 118 valence electrons. The van der Waals surface area contributed by atoms with Crippen LogP contribution in [0.25, 0.3) is 0 Å². The standard InChI is InChI=1S/C15H23N3O2.ClH/c1-12(20)17-14-4-2-13(3-5-14)15(6-11-19)18-9-7-16-8-10-18;/h2-5,15-16,19H,6-11H2,1H3,(H,17,20);1H/t15-;/m1./s1. The van der Waals surface area contributed by atoms with Gasteiger partial charge in [0.05, 0.1) is 0 Å². The average molecular weight is 314 g/mol. The highest BCUT2D eigenvalue weighted by molar-refractivity contribution is 5.88. The number of benzene rings is 1. The highest BCUT2D eigenvalue weighted by Gasteiger charge is 2.21. The molecule has 1 heterocycles. The normalized spacial score (nSPS) is 16.9. The van der Waals surface area contributed by atoms with E-state index < -0.39 is 0 Å². The predicted molar refractivity (Wildman–Crippen MR) is 86.9 cm³/mol. The van der Waals surface area contributed by atoms with Gasteiger partial charge in [-0.1, -0.05) is 12.1 Å². The topological polar surface area (TPSA) is 64.6 Å². The highest BCUT2D eigenvalue weighted by Crippen LogP contribution is 2.25. The molecule has 0 spiro atoms. The predicted octanol–water partition coefficient (Wildman–Crippen LogP) is 1.40. The maximum Gasteiger partial charge on any atom is 0.221 e. The van der Waals surface area contributed by atoms with Crippen molar-refractivity contribution >= 4 is 24.0 Å². The van der Waals surface area contributed by atoms with Crippen LogP contribution in [0.4, 0.5) is 5.69 Å². The van der Waals surface area contributed by atoms with Gasteiger partial charge in [-0.25, -0.2) is 0 Å². The Hall–Kier alpha value is -1.14. The summed E-state index contributed by atoms with van der Waals surface area (Å²) in [5.74, 6) is -0.0632. The Kier molecular flexibility index (Phi) is 7.67. The van der Waals surface area contributed by atoms with Crippen molar-refractivity contribution in [3.05, 3.63) is 29.8 Å². The van der Waals surface area contributed by atoms with Gasteiger partial charge >= 0.3 is 0 Å². The van der Waals surface area contributed by atoms with Gasteiger partial charge in [-0.15, -0.1) is 12.4 Å². The summed E-state index contributed by atoms with van der Waals surface area (Å²) in [5.41, 5.74) is 2.00. The molecule has 0 unspecified atom stereocenters. The SMILES string of the molecule is CC(=O)Nc1ccc([C@@H](CCO)N2CCNCC2)cc1.Cl. The van der Waals surface area contributed by atoms with Crippen molar-refractivity contribution < 1.29 is 9.90 Å². The Morgan fingerprint density at radius 2 is 1.95 bits per heavy atom. The van der Waals surface area contributed by atoms with Crippen LogP contribution < -0.4 is 10.6 Å². The summed E-state index contributed by atoms with van der Waals surface area (Å²) in [5, 5.41) is 15.4. The van der Waals surface area contributed by atoms with Crippen molar-refractivity contribution in [1.29, 1.82) is 0 Å². The van der Waals surface area contributed by atoms with Gasteiger partial charge < -0.3 is 15.7 Å². The fraction of sp³-hybridized carbons (Fsp3) is 0.533. The lowest BCUT2D eigenvalue weighted by atomic mass is 10.0. The molecule has 21 heavy (non-hydrogen) atoms. The number of nitrogens with one attached hydrogen (secondary N) is 2. The molecule has 6 heteroatoms. The van der Waals surface area contributed by atoms with Crippen LogP contribution in [0, 0.1) is 0 Å². The van der Waals surface area contributed by atoms with Crippen LogP contribution in [-0.4, -0.2) is 48.7 Å². The van der Waals surface area contributed by atoms with Gasteiger partial charge in [0.25, 0.3) is 0 Å². The molecule has 2 rings (SSSR count). The minimum Gasteiger partial charge on any atom is -0.396 e. The monoisotopic (exact) mass is 313 g/mol. The van der Waals surface area contributed by atoms with E-state index in [0.29, 0.717) is 0 Å². The number of hydrogen-bond acceptors (Lipinski definition) is 4. The minimum atomic E-state index is -0.0632. The molecular weight excluding hydrogens is 290 g/mol.